The number of alkyl halides is 3. The maximum Gasteiger partial charge on any atom is 0.401 e. The predicted molar refractivity (Wildman–Crippen MR) is 113 cm³/mol. The van der Waals surface area contributed by atoms with Gasteiger partial charge in [-0.3, -0.25) is 0 Å². The lowest BCUT2D eigenvalue weighted by molar-refractivity contribution is -0.124. The van der Waals surface area contributed by atoms with E-state index in [2.05, 4.69) is 34.5 Å². The second-order valence-corrected chi connectivity index (χ2v) is 9.33. The van der Waals surface area contributed by atoms with Crippen molar-refractivity contribution in [1.29, 1.82) is 0 Å². The Kier molecular flexibility index (Phi) is 5.87. The van der Waals surface area contributed by atoms with E-state index in [0.717, 1.165) is 52.8 Å². The molecule has 0 unspecified atom stereocenters. The van der Waals surface area contributed by atoms with Crippen LogP contribution < -0.4 is 5.32 Å². The standard InChI is InChI=1S/C23H27F3N4O2/c1-13-9-15(10-14(2)16(13)6-8-27-12-23(24,25)26)20-28-21(32-30-20)19-17-5-7-22(3,4)11-18(17)31-29-19/h9-10,27H,5-8,11-12H2,1-4H3. The minimum absolute atomic E-state index is 0.183. The molecule has 3 aromatic rings. The first-order valence-corrected chi connectivity index (χ1v) is 10.7. The number of fused-ring (bicyclic) bond motifs is 1. The fraction of sp³-hybridized carbons (Fsp3) is 0.522. The van der Waals surface area contributed by atoms with Crippen molar-refractivity contribution in [3.8, 4) is 23.0 Å². The highest BCUT2D eigenvalue weighted by molar-refractivity contribution is 5.62. The van der Waals surface area contributed by atoms with Crippen LogP contribution in [-0.4, -0.2) is 34.6 Å². The van der Waals surface area contributed by atoms with Crippen molar-refractivity contribution in [2.75, 3.05) is 13.1 Å². The first-order chi connectivity index (χ1) is 15.0. The summed E-state index contributed by atoms with van der Waals surface area (Å²) in [5, 5.41) is 10.8. The average Bonchev–Trinajstić information content (AvgIpc) is 3.31. The number of halogens is 3. The van der Waals surface area contributed by atoms with Gasteiger partial charge in [0.1, 0.15) is 5.76 Å². The Morgan fingerprint density at radius 2 is 1.81 bits per heavy atom. The quantitative estimate of drug-likeness (QED) is 0.521. The lowest BCUT2D eigenvalue weighted by Gasteiger charge is -2.27. The maximum absolute atomic E-state index is 12.3. The number of nitrogens with one attached hydrogen (secondary N) is 1. The molecule has 32 heavy (non-hydrogen) atoms. The van der Waals surface area contributed by atoms with Crippen molar-refractivity contribution in [2.24, 2.45) is 5.41 Å². The Labute approximate surface area is 184 Å². The third-order valence-electron chi connectivity index (χ3n) is 6.02. The molecule has 4 rings (SSSR count). The summed E-state index contributed by atoms with van der Waals surface area (Å²) >= 11 is 0. The molecule has 2 heterocycles. The largest absolute Gasteiger partial charge is 0.401 e. The summed E-state index contributed by atoms with van der Waals surface area (Å²) in [7, 11) is 0. The summed E-state index contributed by atoms with van der Waals surface area (Å²) in [6, 6.07) is 3.86. The highest BCUT2D eigenvalue weighted by Crippen LogP contribution is 2.39. The number of hydrogen-bond acceptors (Lipinski definition) is 6. The van der Waals surface area contributed by atoms with Gasteiger partial charge in [-0.15, -0.1) is 0 Å². The number of hydrogen-bond donors (Lipinski definition) is 1. The van der Waals surface area contributed by atoms with Crippen LogP contribution in [0.15, 0.2) is 21.2 Å². The third-order valence-corrected chi connectivity index (χ3v) is 6.02. The summed E-state index contributed by atoms with van der Waals surface area (Å²) in [5.41, 5.74) is 5.58. The molecule has 0 fully saturated rings. The zero-order valence-electron chi connectivity index (χ0n) is 18.7. The van der Waals surface area contributed by atoms with Crippen LogP contribution in [0.5, 0.6) is 0 Å². The minimum atomic E-state index is -4.20. The van der Waals surface area contributed by atoms with Crippen LogP contribution in [0.25, 0.3) is 23.0 Å². The van der Waals surface area contributed by atoms with Crippen LogP contribution in [-0.2, 0) is 19.3 Å². The lowest BCUT2D eigenvalue weighted by atomic mass is 9.77. The van der Waals surface area contributed by atoms with E-state index in [4.69, 9.17) is 9.05 Å². The monoisotopic (exact) mass is 448 g/mol. The molecule has 1 aliphatic carbocycles. The van der Waals surface area contributed by atoms with Gasteiger partial charge in [0.15, 0.2) is 5.69 Å². The van der Waals surface area contributed by atoms with E-state index in [-0.39, 0.29) is 12.0 Å². The maximum atomic E-state index is 12.3. The lowest BCUT2D eigenvalue weighted by Crippen LogP contribution is -2.30. The number of benzene rings is 1. The van der Waals surface area contributed by atoms with E-state index in [1.54, 1.807) is 0 Å². The highest BCUT2D eigenvalue weighted by atomic mass is 19.4. The van der Waals surface area contributed by atoms with E-state index in [1.807, 2.05) is 26.0 Å². The second-order valence-electron chi connectivity index (χ2n) is 9.33. The number of rotatable bonds is 6. The third kappa shape index (κ3) is 4.87. The molecule has 172 valence electrons. The van der Waals surface area contributed by atoms with Crippen LogP contribution in [0, 0.1) is 19.3 Å². The van der Waals surface area contributed by atoms with Gasteiger partial charge in [0, 0.05) is 17.5 Å². The van der Waals surface area contributed by atoms with E-state index < -0.39 is 12.7 Å². The van der Waals surface area contributed by atoms with Crippen molar-refractivity contribution in [1.82, 2.24) is 20.6 Å². The number of nitrogens with zero attached hydrogens (tertiary/aromatic N) is 3. The molecule has 0 radical (unpaired) electrons. The second kappa shape index (κ2) is 8.35. The molecule has 0 spiro atoms. The Bertz CT molecular complexity index is 1090. The Balaban J connectivity index is 1.51. The van der Waals surface area contributed by atoms with Gasteiger partial charge in [-0.1, -0.05) is 24.2 Å². The van der Waals surface area contributed by atoms with Crippen molar-refractivity contribution >= 4 is 0 Å². The summed E-state index contributed by atoms with van der Waals surface area (Å²) in [4.78, 5) is 4.54. The Morgan fingerprint density at radius 3 is 2.50 bits per heavy atom. The van der Waals surface area contributed by atoms with Crippen molar-refractivity contribution in [3.63, 3.8) is 0 Å². The topological polar surface area (TPSA) is 77.0 Å². The van der Waals surface area contributed by atoms with Gasteiger partial charge >= 0.3 is 6.18 Å². The van der Waals surface area contributed by atoms with Crippen molar-refractivity contribution < 1.29 is 22.2 Å². The molecule has 0 saturated heterocycles. The summed E-state index contributed by atoms with van der Waals surface area (Å²) in [6.45, 7) is 7.56. The Morgan fingerprint density at radius 1 is 1.09 bits per heavy atom. The van der Waals surface area contributed by atoms with Crippen LogP contribution in [0.2, 0.25) is 0 Å². The van der Waals surface area contributed by atoms with Gasteiger partial charge in [-0.05, 0) is 73.9 Å². The summed E-state index contributed by atoms with van der Waals surface area (Å²) < 4.78 is 48.0. The number of aryl methyl sites for hydroxylation is 2. The van der Waals surface area contributed by atoms with Gasteiger partial charge in [0.05, 0.1) is 6.54 Å². The first kappa shape index (κ1) is 22.5. The van der Waals surface area contributed by atoms with E-state index in [1.165, 1.54) is 0 Å². The summed E-state index contributed by atoms with van der Waals surface area (Å²) in [5.74, 6) is 1.66. The molecule has 1 aromatic carbocycles. The molecule has 0 amide bonds. The van der Waals surface area contributed by atoms with E-state index in [9.17, 15) is 13.2 Å². The van der Waals surface area contributed by atoms with Gasteiger partial charge in [0.25, 0.3) is 5.89 Å². The minimum Gasteiger partial charge on any atom is -0.360 e. The van der Waals surface area contributed by atoms with Gasteiger partial charge in [-0.25, -0.2) is 0 Å². The summed E-state index contributed by atoms with van der Waals surface area (Å²) in [6.07, 6.45) is -0.981. The molecule has 2 aromatic heterocycles. The van der Waals surface area contributed by atoms with Crippen molar-refractivity contribution in [3.05, 3.63) is 40.1 Å². The van der Waals surface area contributed by atoms with E-state index in [0.29, 0.717) is 23.8 Å². The van der Waals surface area contributed by atoms with Crippen LogP contribution in [0.1, 0.15) is 48.3 Å². The van der Waals surface area contributed by atoms with Crippen molar-refractivity contribution in [2.45, 2.75) is 59.6 Å². The molecule has 9 heteroatoms. The average molecular weight is 448 g/mol. The van der Waals surface area contributed by atoms with Gasteiger partial charge in [-0.2, -0.15) is 18.2 Å². The molecule has 1 aliphatic rings. The van der Waals surface area contributed by atoms with Crippen LogP contribution in [0.4, 0.5) is 13.2 Å². The highest BCUT2D eigenvalue weighted by Gasteiger charge is 2.32. The Hall–Kier alpha value is -2.68. The first-order valence-electron chi connectivity index (χ1n) is 10.7. The normalized spacial score (nSPS) is 15.7. The van der Waals surface area contributed by atoms with Crippen LogP contribution >= 0.6 is 0 Å². The number of aromatic nitrogens is 3. The van der Waals surface area contributed by atoms with E-state index >= 15 is 0 Å². The van der Waals surface area contributed by atoms with Gasteiger partial charge < -0.3 is 14.4 Å². The molecule has 0 atom stereocenters. The molecule has 0 bridgehead atoms. The fourth-order valence-corrected chi connectivity index (χ4v) is 4.29. The smallest absolute Gasteiger partial charge is 0.360 e. The fourth-order valence-electron chi connectivity index (χ4n) is 4.29. The molecular weight excluding hydrogens is 421 g/mol. The molecule has 6 nitrogen and oxygen atoms in total. The zero-order chi connectivity index (χ0) is 23.1. The van der Waals surface area contributed by atoms with Crippen LogP contribution in [0.3, 0.4) is 0 Å². The molecule has 0 aliphatic heterocycles. The predicted octanol–water partition coefficient (Wildman–Crippen LogP) is 5.22. The SMILES string of the molecule is Cc1cc(-c2noc(-c3noc4c3CCC(C)(C)C4)n2)cc(C)c1CCNCC(F)(F)F. The zero-order valence-corrected chi connectivity index (χ0v) is 18.7. The molecule has 1 N–H and O–H groups in total. The molecule has 0 saturated carbocycles. The molecular formula is C23H27F3N4O2. The van der Waals surface area contributed by atoms with Gasteiger partial charge in [0.2, 0.25) is 5.82 Å².